The van der Waals surface area contributed by atoms with Gasteiger partial charge in [0.25, 0.3) is 20.2 Å². The third kappa shape index (κ3) is 13.2. The van der Waals surface area contributed by atoms with E-state index in [0.717, 1.165) is 35.0 Å². The summed E-state index contributed by atoms with van der Waals surface area (Å²) in [5.41, 5.74) is 2.91. The number of ether oxygens (including phenoxy) is 3. The lowest BCUT2D eigenvalue weighted by Crippen LogP contribution is -2.40. The van der Waals surface area contributed by atoms with Gasteiger partial charge in [-0.2, -0.15) is 16.8 Å². The minimum absolute atomic E-state index is 0.151. The van der Waals surface area contributed by atoms with Crippen molar-refractivity contribution in [2.75, 3.05) is 26.2 Å². The lowest BCUT2D eigenvalue weighted by atomic mass is 10.00. The van der Waals surface area contributed by atoms with E-state index < -0.39 is 39.1 Å². The zero-order valence-electron chi connectivity index (χ0n) is 23.5. The highest BCUT2D eigenvalue weighted by atomic mass is 32.2. The molecular weight excluding hydrogens is 568 g/mol. The van der Waals surface area contributed by atoms with Crippen LogP contribution in [0.2, 0.25) is 0 Å². The zero-order valence-corrected chi connectivity index (χ0v) is 25.2. The average Bonchev–Trinajstić information content (AvgIpc) is 2.95. The molecule has 0 radical (unpaired) electrons. The molecule has 41 heavy (non-hydrogen) atoms. The Hall–Kier alpha value is -2.80. The van der Waals surface area contributed by atoms with Crippen LogP contribution >= 0.6 is 0 Å². The zero-order chi connectivity index (χ0) is 29.7. The van der Waals surface area contributed by atoms with Crippen LogP contribution < -0.4 is 4.74 Å². The summed E-state index contributed by atoms with van der Waals surface area (Å²) in [7, 11) is -6.24. The van der Waals surface area contributed by atoms with Gasteiger partial charge in [0.2, 0.25) is 0 Å². The van der Waals surface area contributed by atoms with Crippen molar-refractivity contribution in [2.24, 2.45) is 0 Å². The van der Waals surface area contributed by atoms with Crippen molar-refractivity contribution >= 4 is 20.2 Å². The molecule has 0 fully saturated rings. The van der Waals surface area contributed by atoms with Crippen molar-refractivity contribution < 1.29 is 39.4 Å². The first kappa shape index (κ1) is 32.7. The number of aryl methyl sites for hydroxylation is 1. The summed E-state index contributed by atoms with van der Waals surface area (Å²) in [6, 6.07) is 26.8. The van der Waals surface area contributed by atoms with Gasteiger partial charge in [0, 0.05) is 6.42 Å². The summed E-state index contributed by atoms with van der Waals surface area (Å²) < 4.78 is 76.0. The van der Waals surface area contributed by atoms with E-state index in [1.165, 1.54) is 0 Å². The molecule has 0 unspecified atom stereocenters. The van der Waals surface area contributed by atoms with Gasteiger partial charge in [-0.15, -0.1) is 0 Å². The van der Waals surface area contributed by atoms with E-state index in [9.17, 15) is 16.8 Å². The lowest BCUT2D eigenvalue weighted by Gasteiger charge is -2.30. The molecule has 0 N–H and O–H groups in total. The number of hydrogen-bond acceptors (Lipinski definition) is 9. The van der Waals surface area contributed by atoms with Gasteiger partial charge in [-0.3, -0.25) is 8.37 Å². The van der Waals surface area contributed by atoms with Gasteiger partial charge in [0.1, 0.15) is 11.9 Å². The molecule has 0 aromatic heterocycles. The number of benzene rings is 3. The largest absolute Gasteiger partial charge is 0.497 e. The summed E-state index contributed by atoms with van der Waals surface area (Å²) in [6.45, 7) is -0.0515. The first-order valence-corrected chi connectivity index (χ1v) is 16.8. The van der Waals surface area contributed by atoms with Gasteiger partial charge in [0.15, 0.2) is 0 Å². The van der Waals surface area contributed by atoms with Crippen molar-refractivity contribution in [2.45, 2.75) is 50.8 Å². The van der Waals surface area contributed by atoms with Gasteiger partial charge >= 0.3 is 0 Å². The van der Waals surface area contributed by atoms with Crippen LogP contribution in [-0.4, -0.2) is 61.4 Å². The normalized spacial score (nSPS) is 14.3. The van der Waals surface area contributed by atoms with Crippen molar-refractivity contribution in [3.05, 3.63) is 102 Å². The molecule has 0 aliphatic carbocycles. The lowest BCUT2D eigenvalue weighted by molar-refractivity contribution is -0.0817. The molecule has 0 spiro atoms. The summed E-state index contributed by atoms with van der Waals surface area (Å²) in [5.74, 6) is 0.756. The third-order valence-electron chi connectivity index (χ3n) is 6.20. The van der Waals surface area contributed by atoms with E-state index in [-0.39, 0.29) is 19.1 Å². The fourth-order valence-corrected chi connectivity index (χ4v) is 5.16. The van der Waals surface area contributed by atoms with Gasteiger partial charge in [-0.25, -0.2) is 0 Å². The Morgan fingerprint density at radius 2 is 1.22 bits per heavy atom. The third-order valence-corrected chi connectivity index (χ3v) is 7.37. The van der Waals surface area contributed by atoms with Crippen LogP contribution in [0.1, 0.15) is 29.5 Å². The van der Waals surface area contributed by atoms with E-state index in [1.54, 1.807) is 7.11 Å². The molecule has 0 aliphatic heterocycles. The molecule has 3 aromatic rings. The Kier molecular flexibility index (Phi) is 12.8. The van der Waals surface area contributed by atoms with Crippen LogP contribution in [0.25, 0.3) is 0 Å². The molecule has 224 valence electrons. The summed E-state index contributed by atoms with van der Waals surface area (Å²) in [5, 5.41) is 0. The Bertz CT molecular complexity index is 1380. The molecule has 0 aliphatic rings. The highest BCUT2D eigenvalue weighted by Crippen LogP contribution is 2.23. The van der Waals surface area contributed by atoms with Crippen molar-refractivity contribution in [1.82, 2.24) is 0 Å². The summed E-state index contributed by atoms with van der Waals surface area (Å²) in [6.07, 6.45) is 0.794. The van der Waals surface area contributed by atoms with E-state index >= 15 is 0 Å². The van der Waals surface area contributed by atoms with Crippen LogP contribution in [0, 0.1) is 0 Å². The molecule has 9 nitrogen and oxygen atoms in total. The minimum Gasteiger partial charge on any atom is -0.497 e. The second-order valence-electron chi connectivity index (χ2n) is 9.70. The molecule has 3 atom stereocenters. The molecule has 0 bridgehead atoms. The topological polar surface area (TPSA) is 114 Å². The van der Waals surface area contributed by atoms with Crippen molar-refractivity contribution in [3.63, 3.8) is 0 Å². The quantitative estimate of drug-likeness (QED) is 0.193. The van der Waals surface area contributed by atoms with Crippen LogP contribution in [0.5, 0.6) is 5.75 Å². The Morgan fingerprint density at radius 1 is 0.659 bits per heavy atom. The molecule has 0 heterocycles. The first-order chi connectivity index (χ1) is 19.5. The van der Waals surface area contributed by atoms with Crippen molar-refractivity contribution in [1.29, 1.82) is 0 Å². The maximum Gasteiger partial charge on any atom is 0.264 e. The van der Waals surface area contributed by atoms with Gasteiger partial charge < -0.3 is 14.2 Å². The fraction of sp³-hybridized carbons (Fsp3) is 0.400. The van der Waals surface area contributed by atoms with E-state index in [0.29, 0.717) is 19.4 Å². The Labute approximate surface area is 243 Å². The predicted molar refractivity (Wildman–Crippen MR) is 156 cm³/mol. The monoisotopic (exact) mass is 606 g/mol. The minimum atomic E-state index is -3.98. The van der Waals surface area contributed by atoms with Gasteiger partial charge in [-0.05, 0) is 41.7 Å². The van der Waals surface area contributed by atoms with E-state index in [1.807, 2.05) is 84.9 Å². The maximum absolute atomic E-state index is 12.2. The molecule has 3 aromatic carbocycles. The van der Waals surface area contributed by atoms with Gasteiger partial charge in [0.05, 0.1) is 51.6 Å². The first-order valence-electron chi connectivity index (χ1n) is 13.2. The van der Waals surface area contributed by atoms with Crippen LogP contribution in [0.3, 0.4) is 0 Å². The fourth-order valence-electron chi connectivity index (χ4n) is 4.15. The molecule has 3 rings (SSSR count). The number of hydrogen-bond donors (Lipinski definition) is 0. The Morgan fingerprint density at radius 3 is 1.73 bits per heavy atom. The average molecular weight is 607 g/mol. The Balaban J connectivity index is 1.85. The van der Waals surface area contributed by atoms with Crippen LogP contribution in [0.15, 0.2) is 84.9 Å². The highest BCUT2D eigenvalue weighted by molar-refractivity contribution is 7.86. The molecular formula is C30H38O9S2. The summed E-state index contributed by atoms with van der Waals surface area (Å²) >= 11 is 0. The number of rotatable bonds is 18. The second-order valence-corrected chi connectivity index (χ2v) is 12.9. The van der Waals surface area contributed by atoms with Gasteiger partial charge in [-0.1, -0.05) is 72.8 Å². The summed E-state index contributed by atoms with van der Waals surface area (Å²) in [4.78, 5) is 0. The van der Waals surface area contributed by atoms with E-state index in [2.05, 4.69) is 0 Å². The van der Waals surface area contributed by atoms with Crippen LogP contribution in [0.4, 0.5) is 0 Å². The second kappa shape index (κ2) is 16.0. The molecule has 0 amide bonds. The standard InChI is InChI=1S/C30H38O9S2/c1-35-27-17-14-24(15-18-27)16-19-28(36-21-25-10-6-4-7-11-25)20-29(37-22-26-12-8-5-9-13-26)30(39-41(3,33)34)23-38-40(2,31)32/h4-15,17-18,28-30H,16,19-23H2,1-3H3/t28-,29+,30-/m1/s1. The molecule has 0 saturated heterocycles. The molecule has 0 saturated carbocycles. The predicted octanol–water partition coefficient (Wildman–Crippen LogP) is 4.51. The van der Waals surface area contributed by atoms with Crippen molar-refractivity contribution in [3.8, 4) is 5.75 Å². The van der Waals surface area contributed by atoms with E-state index in [4.69, 9.17) is 22.6 Å². The molecule has 11 heteroatoms. The van der Waals surface area contributed by atoms with Crippen LogP contribution in [-0.2, 0) is 57.7 Å². The SMILES string of the molecule is COc1ccc(CC[C@H](C[C@H](OCc2ccccc2)[C@@H](COS(C)(=O)=O)OS(C)(=O)=O)OCc2ccccc2)cc1. The number of methoxy groups -OCH3 is 1. The smallest absolute Gasteiger partial charge is 0.264 e. The maximum atomic E-state index is 12.2. The highest BCUT2D eigenvalue weighted by Gasteiger charge is 2.31.